The van der Waals surface area contributed by atoms with Gasteiger partial charge in [0, 0.05) is 39.6 Å². The van der Waals surface area contributed by atoms with E-state index in [9.17, 15) is 4.79 Å². The lowest BCUT2D eigenvalue weighted by Crippen LogP contribution is -2.31. The number of amides is 1. The molecule has 8 heteroatoms. The zero-order chi connectivity index (χ0) is 18.1. The normalized spacial score (nSPS) is 20.5. The zero-order valence-corrected chi connectivity index (χ0v) is 15.3. The van der Waals surface area contributed by atoms with Gasteiger partial charge in [0.1, 0.15) is 5.82 Å². The van der Waals surface area contributed by atoms with E-state index in [-0.39, 0.29) is 23.8 Å². The van der Waals surface area contributed by atoms with Crippen LogP contribution in [0, 0.1) is 6.92 Å². The van der Waals surface area contributed by atoms with Crippen LogP contribution in [0.4, 0.5) is 0 Å². The largest absolute Gasteiger partial charge is 0.379 e. The summed E-state index contributed by atoms with van der Waals surface area (Å²) in [7, 11) is 3.49. The van der Waals surface area contributed by atoms with Crippen molar-refractivity contribution in [2.45, 2.75) is 38.7 Å². The first kappa shape index (κ1) is 17.5. The molecule has 1 saturated heterocycles. The Morgan fingerprint density at radius 2 is 2.12 bits per heavy atom. The number of nitrogens with zero attached hydrogens (tertiary/aromatic N) is 6. The Morgan fingerprint density at radius 3 is 2.72 bits per heavy atom. The number of aryl methyl sites for hydroxylation is 2. The van der Waals surface area contributed by atoms with E-state index in [1.807, 2.05) is 34.0 Å². The van der Waals surface area contributed by atoms with Crippen molar-refractivity contribution in [1.29, 1.82) is 0 Å². The fourth-order valence-corrected chi connectivity index (χ4v) is 3.26. The summed E-state index contributed by atoms with van der Waals surface area (Å²) < 4.78 is 7.26. The second-order valence-electron chi connectivity index (χ2n) is 6.78. The lowest BCUT2D eigenvalue weighted by atomic mass is 10.0. The number of hydrogen-bond donors (Lipinski definition) is 0. The van der Waals surface area contributed by atoms with E-state index >= 15 is 0 Å². The molecular formula is C17H24N6O2. The van der Waals surface area contributed by atoms with Crippen LogP contribution in [0.5, 0.6) is 0 Å². The molecule has 0 unspecified atom stereocenters. The quantitative estimate of drug-likeness (QED) is 0.831. The first-order valence-electron chi connectivity index (χ1n) is 8.42. The van der Waals surface area contributed by atoms with Gasteiger partial charge in [-0.25, -0.2) is 9.97 Å². The van der Waals surface area contributed by atoms with Crippen molar-refractivity contribution in [1.82, 2.24) is 29.9 Å². The highest BCUT2D eigenvalue weighted by molar-refractivity contribution is 5.95. The number of rotatable bonds is 4. The molecule has 3 heterocycles. The van der Waals surface area contributed by atoms with Crippen LogP contribution in [0.25, 0.3) is 0 Å². The SMILES string of the molecule is CO[C@@H]1CN(C(=O)c2cnc(C)nc2C(C)C)C[C@H]1c1cn(C)nn1. The summed E-state index contributed by atoms with van der Waals surface area (Å²) >= 11 is 0. The second-order valence-corrected chi connectivity index (χ2v) is 6.78. The van der Waals surface area contributed by atoms with E-state index in [0.717, 1.165) is 11.4 Å². The van der Waals surface area contributed by atoms with E-state index in [1.165, 1.54) is 0 Å². The number of likely N-dealkylation sites (tertiary alicyclic amines) is 1. The van der Waals surface area contributed by atoms with Gasteiger partial charge in [0.2, 0.25) is 0 Å². The molecule has 0 N–H and O–H groups in total. The maximum atomic E-state index is 13.1. The van der Waals surface area contributed by atoms with Gasteiger partial charge >= 0.3 is 0 Å². The van der Waals surface area contributed by atoms with E-state index in [0.29, 0.717) is 24.5 Å². The number of ether oxygens (including phenoxy) is 1. The molecule has 1 fully saturated rings. The summed E-state index contributed by atoms with van der Waals surface area (Å²) in [6.45, 7) is 6.95. The molecule has 2 aromatic rings. The van der Waals surface area contributed by atoms with E-state index in [4.69, 9.17) is 4.74 Å². The van der Waals surface area contributed by atoms with Crippen LogP contribution in [0.3, 0.4) is 0 Å². The molecule has 134 valence electrons. The van der Waals surface area contributed by atoms with Crippen molar-refractivity contribution in [2.75, 3.05) is 20.2 Å². The Bertz CT molecular complexity index is 772. The van der Waals surface area contributed by atoms with E-state index in [2.05, 4.69) is 20.3 Å². The van der Waals surface area contributed by atoms with Crippen molar-refractivity contribution in [3.63, 3.8) is 0 Å². The standard InChI is InChI=1S/C17H24N6O2/c1-10(2)16-12(6-18-11(3)19-16)17(24)23-7-13(15(9-23)25-5)14-8-22(4)21-20-14/h6,8,10,13,15H,7,9H2,1-5H3/t13-,15+/m0/s1. The highest BCUT2D eigenvalue weighted by Gasteiger charge is 2.39. The molecule has 1 aliphatic heterocycles. The maximum absolute atomic E-state index is 13.1. The van der Waals surface area contributed by atoms with Crippen LogP contribution in [0.15, 0.2) is 12.4 Å². The fourth-order valence-electron chi connectivity index (χ4n) is 3.26. The summed E-state index contributed by atoms with van der Waals surface area (Å²) in [5.41, 5.74) is 2.19. The van der Waals surface area contributed by atoms with Crippen molar-refractivity contribution in [2.24, 2.45) is 7.05 Å². The Morgan fingerprint density at radius 1 is 1.36 bits per heavy atom. The van der Waals surface area contributed by atoms with Crippen LogP contribution in [0.1, 0.15) is 53.3 Å². The second kappa shape index (κ2) is 6.87. The molecule has 0 radical (unpaired) electrons. The summed E-state index contributed by atoms with van der Waals surface area (Å²) in [5, 5.41) is 8.18. The Balaban J connectivity index is 1.86. The first-order chi connectivity index (χ1) is 11.9. The summed E-state index contributed by atoms with van der Waals surface area (Å²) in [6, 6.07) is 0. The molecule has 1 amide bonds. The molecule has 8 nitrogen and oxygen atoms in total. The third-order valence-electron chi connectivity index (χ3n) is 4.57. The van der Waals surface area contributed by atoms with Crippen LogP contribution in [0.2, 0.25) is 0 Å². The van der Waals surface area contributed by atoms with Gasteiger partial charge in [-0.15, -0.1) is 5.10 Å². The number of aromatic nitrogens is 5. The van der Waals surface area contributed by atoms with E-state index < -0.39 is 0 Å². The van der Waals surface area contributed by atoms with Gasteiger partial charge in [-0.1, -0.05) is 19.1 Å². The Kier molecular flexibility index (Phi) is 4.80. The topological polar surface area (TPSA) is 86.0 Å². The molecule has 0 saturated carbocycles. The smallest absolute Gasteiger partial charge is 0.257 e. The third kappa shape index (κ3) is 3.39. The lowest BCUT2D eigenvalue weighted by molar-refractivity contribution is 0.0712. The summed E-state index contributed by atoms with van der Waals surface area (Å²) in [5.74, 6) is 0.778. The monoisotopic (exact) mass is 344 g/mol. The Hall–Kier alpha value is -2.35. The number of carbonyl (C=O) groups is 1. The molecule has 2 aromatic heterocycles. The van der Waals surface area contributed by atoms with Crippen molar-refractivity contribution < 1.29 is 9.53 Å². The Labute approximate surface area is 147 Å². The van der Waals surface area contributed by atoms with E-state index in [1.54, 1.807) is 22.9 Å². The molecule has 0 spiro atoms. The third-order valence-corrected chi connectivity index (χ3v) is 4.57. The highest BCUT2D eigenvalue weighted by Crippen LogP contribution is 2.30. The van der Waals surface area contributed by atoms with Gasteiger partial charge in [0.25, 0.3) is 5.91 Å². The van der Waals surface area contributed by atoms with Crippen molar-refractivity contribution >= 4 is 5.91 Å². The van der Waals surface area contributed by atoms with Crippen molar-refractivity contribution in [3.8, 4) is 0 Å². The van der Waals surface area contributed by atoms with Gasteiger partial charge in [-0.3, -0.25) is 9.48 Å². The molecule has 0 bridgehead atoms. The van der Waals surface area contributed by atoms with Gasteiger partial charge in [-0.05, 0) is 12.8 Å². The fraction of sp³-hybridized carbons (Fsp3) is 0.588. The van der Waals surface area contributed by atoms with Crippen LogP contribution < -0.4 is 0 Å². The number of hydrogen-bond acceptors (Lipinski definition) is 6. The minimum Gasteiger partial charge on any atom is -0.379 e. The van der Waals surface area contributed by atoms with Crippen molar-refractivity contribution in [3.05, 3.63) is 35.2 Å². The zero-order valence-electron chi connectivity index (χ0n) is 15.3. The predicted octanol–water partition coefficient (Wildman–Crippen LogP) is 1.29. The molecular weight excluding hydrogens is 320 g/mol. The van der Waals surface area contributed by atoms with Gasteiger partial charge < -0.3 is 9.64 Å². The average Bonchev–Trinajstić information content (AvgIpc) is 3.19. The molecule has 0 aliphatic carbocycles. The van der Waals surface area contributed by atoms with Gasteiger partial charge in [0.05, 0.1) is 29.0 Å². The summed E-state index contributed by atoms with van der Waals surface area (Å²) in [4.78, 5) is 23.6. The lowest BCUT2D eigenvalue weighted by Gasteiger charge is -2.19. The highest BCUT2D eigenvalue weighted by atomic mass is 16.5. The van der Waals surface area contributed by atoms with Gasteiger partial charge in [0.15, 0.2) is 0 Å². The first-order valence-corrected chi connectivity index (χ1v) is 8.42. The average molecular weight is 344 g/mol. The maximum Gasteiger partial charge on any atom is 0.257 e. The number of carbonyl (C=O) groups excluding carboxylic acids is 1. The molecule has 0 aromatic carbocycles. The predicted molar refractivity (Wildman–Crippen MR) is 91.3 cm³/mol. The molecule has 3 rings (SSSR count). The van der Waals surface area contributed by atoms with Crippen LogP contribution >= 0.6 is 0 Å². The van der Waals surface area contributed by atoms with Gasteiger partial charge in [-0.2, -0.15) is 0 Å². The molecule has 25 heavy (non-hydrogen) atoms. The minimum atomic E-state index is -0.102. The van der Waals surface area contributed by atoms with Crippen LogP contribution in [-0.4, -0.2) is 62.1 Å². The minimum absolute atomic E-state index is 0.0107. The summed E-state index contributed by atoms with van der Waals surface area (Å²) in [6.07, 6.45) is 3.41. The molecule has 1 aliphatic rings. The molecule has 2 atom stereocenters. The van der Waals surface area contributed by atoms with Crippen LogP contribution in [-0.2, 0) is 11.8 Å². The number of methoxy groups -OCH3 is 1.